The molecule has 1 N–H and O–H groups in total. The van der Waals surface area contributed by atoms with Crippen LogP contribution < -0.4 is 5.32 Å². The fourth-order valence-electron chi connectivity index (χ4n) is 3.11. The molecule has 1 aromatic carbocycles. The van der Waals surface area contributed by atoms with Crippen LogP contribution in [0.3, 0.4) is 0 Å². The highest BCUT2D eigenvalue weighted by atomic mass is 15.1. The average Bonchev–Trinajstić information content (AvgIpc) is 2.46. The number of piperidine rings is 1. The molecule has 1 heterocycles. The van der Waals surface area contributed by atoms with Crippen LogP contribution in [0.4, 0.5) is 0 Å². The molecule has 112 valence electrons. The van der Waals surface area contributed by atoms with Gasteiger partial charge in [-0.2, -0.15) is 0 Å². The van der Waals surface area contributed by atoms with Crippen LogP contribution in [-0.4, -0.2) is 37.1 Å². The van der Waals surface area contributed by atoms with Crippen LogP contribution in [-0.2, 0) is 6.42 Å². The standard InChI is InChI=1S/C18H30N2/c1-16-9-4-5-10-18(16)11-8-12-19-17(2)15-20-13-6-3-7-14-20/h4-5,9-10,17,19H,3,6-8,11-15H2,1-2H3. The number of aryl methyl sites for hydroxylation is 2. The van der Waals surface area contributed by atoms with Crippen LogP contribution in [0.5, 0.6) is 0 Å². The van der Waals surface area contributed by atoms with Gasteiger partial charge in [-0.05, 0) is 70.3 Å². The summed E-state index contributed by atoms with van der Waals surface area (Å²) in [5.74, 6) is 0. The minimum atomic E-state index is 0.616. The Balaban J connectivity index is 1.59. The molecule has 1 saturated heterocycles. The molecule has 1 aromatic rings. The molecule has 0 aromatic heterocycles. The van der Waals surface area contributed by atoms with E-state index in [4.69, 9.17) is 0 Å². The van der Waals surface area contributed by atoms with Crippen molar-refractivity contribution in [2.45, 2.75) is 52.0 Å². The van der Waals surface area contributed by atoms with Gasteiger partial charge in [-0.15, -0.1) is 0 Å². The third-order valence-corrected chi connectivity index (χ3v) is 4.36. The van der Waals surface area contributed by atoms with Crippen LogP contribution in [0, 0.1) is 6.92 Å². The number of nitrogens with one attached hydrogen (secondary N) is 1. The van der Waals surface area contributed by atoms with Gasteiger partial charge in [0.2, 0.25) is 0 Å². The summed E-state index contributed by atoms with van der Waals surface area (Å²) in [6.07, 6.45) is 6.63. The Morgan fingerprint density at radius 3 is 2.65 bits per heavy atom. The number of hydrogen-bond donors (Lipinski definition) is 1. The van der Waals surface area contributed by atoms with Gasteiger partial charge in [0.1, 0.15) is 0 Å². The number of hydrogen-bond acceptors (Lipinski definition) is 2. The second-order valence-electron chi connectivity index (χ2n) is 6.25. The van der Waals surface area contributed by atoms with Gasteiger partial charge in [0, 0.05) is 12.6 Å². The quantitative estimate of drug-likeness (QED) is 0.767. The third-order valence-electron chi connectivity index (χ3n) is 4.36. The Morgan fingerprint density at radius 1 is 1.15 bits per heavy atom. The first kappa shape index (κ1) is 15.5. The maximum Gasteiger partial charge on any atom is 0.0166 e. The summed E-state index contributed by atoms with van der Waals surface area (Å²) in [6.45, 7) is 9.47. The molecule has 2 heteroatoms. The molecule has 2 nitrogen and oxygen atoms in total. The molecule has 0 amide bonds. The second-order valence-corrected chi connectivity index (χ2v) is 6.25. The molecule has 0 saturated carbocycles. The topological polar surface area (TPSA) is 15.3 Å². The molecule has 1 unspecified atom stereocenters. The maximum absolute atomic E-state index is 3.68. The highest BCUT2D eigenvalue weighted by Gasteiger charge is 2.12. The Kier molecular flexibility index (Phi) is 6.55. The molecule has 1 fully saturated rings. The molecule has 0 radical (unpaired) electrons. The minimum absolute atomic E-state index is 0.616. The first-order valence-electron chi connectivity index (χ1n) is 8.26. The molecule has 1 aliphatic rings. The lowest BCUT2D eigenvalue weighted by Crippen LogP contribution is -2.41. The molecule has 0 bridgehead atoms. The minimum Gasteiger partial charge on any atom is -0.313 e. The summed E-state index contributed by atoms with van der Waals surface area (Å²) in [5, 5.41) is 3.68. The van der Waals surface area contributed by atoms with E-state index in [1.165, 1.54) is 62.9 Å². The normalized spacial score (nSPS) is 18.1. The molecule has 0 aliphatic carbocycles. The molecular formula is C18H30N2. The molecule has 0 spiro atoms. The van der Waals surface area contributed by atoms with Crippen LogP contribution in [0.15, 0.2) is 24.3 Å². The van der Waals surface area contributed by atoms with Gasteiger partial charge < -0.3 is 10.2 Å². The molecule has 1 atom stereocenters. The first-order valence-corrected chi connectivity index (χ1v) is 8.26. The van der Waals surface area contributed by atoms with E-state index in [1.807, 2.05) is 0 Å². The van der Waals surface area contributed by atoms with E-state index in [0.29, 0.717) is 6.04 Å². The zero-order valence-corrected chi connectivity index (χ0v) is 13.2. The largest absolute Gasteiger partial charge is 0.313 e. The average molecular weight is 274 g/mol. The summed E-state index contributed by atoms with van der Waals surface area (Å²) >= 11 is 0. The maximum atomic E-state index is 3.68. The van der Waals surface area contributed by atoms with Gasteiger partial charge in [0.15, 0.2) is 0 Å². The van der Waals surface area contributed by atoms with Gasteiger partial charge in [-0.1, -0.05) is 30.7 Å². The smallest absolute Gasteiger partial charge is 0.0166 e. The van der Waals surface area contributed by atoms with Crippen molar-refractivity contribution in [3.63, 3.8) is 0 Å². The lowest BCUT2D eigenvalue weighted by Gasteiger charge is -2.29. The first-order chi connectivity index (χ1) is 9.75. The molecule has 20 heavy (non-hydrogen) atoms. The Labute approximate surface area is 124 Å². The van der Waals surface area contributed by atoms with Crippen molar-refractivity contribution >= 4 is 0 Å². The summed E-state index contributed by atoms with van der Waals surface area (Å²) in [5.41, 5.74) is 2.92. The van der Waals surface area contributed by atoms with Crippen molar-refractivity contribution in [3.05, 3.63) is 35.4 Å². The second kappa shape index (κ2) is 8.43. The van der Waals surface area contributed by atoms with E-state index in [0.717, 1.165) is 6.54 Å². The monoisotopic (exact) mass is 274 g/mol. The van der Waals surface area contributed by atoms with E-state index in [2.05, 4.69) is 48.3 Å². The summed E-state index contributed by atoms with van der Waals surface area (Å²) in [6, 6.07) is 9.35. The zero-order valence-electron chi connectivity index (χ0n) is 13.2. The van der Waals surface area contributed by atoms with E-state index in [-0.39, 0.29) is 0 Å². The SMILES string of the molecule is Cc1ccccc1CCCNC(C)CN1CCCCC1. The van der Waals surface area contributed by atoms with Crippen molar-refractivity contribution in [3.8, 4) is 0 Å². The van der Waals surface area contributed by atoms with Crippen molar-refractivity contribution in [2.75, 3.05) is 26.2 Å². The van der Waals surface area contributed by atoms with E-state index in [1.54, 1.807) is 0 Å². The highest BCUT2D eigenvalue weighted by molar-refractivity contribution is 5.25. The predicted octanol–water partition coefficient (Wildman–Crippen LogP) is 3.39. The van der Waals surface area contributed by atoms with Gasteiger partial charge in [-0.3, -0.25) is 0 Å². The van der Waals surface area contributed by atoms with Gasteiger partial charge in [0.25, 0.3) is 0 Å². The summed E-state index contributed by atoms with van der Waals surface area (Å²) in [4.78, 5) is 2.61. The number of benzene rings is 1. The Morgan fingerprint density at radius 2 is 1.90 bits per heavy atom. The number of nitrogens with zero attached hydrogens (tertiary/aromatic N) is 1. The van der Waals surface area contributed by atoms with Crippen molar-refractivity contribution < 1.29 is 0 Å². The number of likely N-dealkylation sites (tertiary alicyclic amines) is 1. The zero-order chi connectivity index (χ0) is 14.2. The van der Waals surface area contributed by atoms with E-state index < -0.39 is 0 Å². The van der Waals surface area contributed by atoms with Gasteiger partial charge in [-0.25, -0.2) is 0 Å². The van der Waals surface area contributed by atoms with Crippen LogP contribution in [0.1, 0.15) is 43.7 Å². The fourth-order valence-corrected chi connectivity index (χ4v) is 3.11. The van der Waals surface area contributed by atoms with Crippen LogP contribution in [0.2, 0.25) is 0 Å². The van der Waals surface area contributed by atoms with Crippen LogP contribution in [0.25, 0.3) is 0 Å². The number of rotatable bonds is 7. The van der Waals surface area contributed by atoms with Crippen molar-refractivity contribution in [2.24, 2.45) is 0 Å². The van der Waals surface area contributed by atoms with Gasteiger partial charge in [0.05, 0.1) is 0 Å². The van der Waals surface area contributed by atoms with E-state index >= 15 is 0 Å². The Hall–Kier alpha value is -0.860. The Bertz CT molecular complexity index is 383. The van der Waals surface area contributed by atoms with Crippen molar-refractivity contribution in [1.29, 1.82) is 0 Å². The van der Waals surface area contributed by atoms with Crippen LogP contribution >= 0.6 is 0 Å². The molecule has 2 rings (SSSR count). The summed E-state index contributed by atoms with van der Waals surface area (Å²) < 4.78 is 0. The van der Waals surface area contributed by atoms with Gasteiger partial charge >= 0.3 is 0 Å². The lowest BCUT2D eigenvalue weighted by molar-refractivity contribution is 0.209. The molecular weight excluding hydrogens is 244 g/mol. The van der Waals surface area contributed by atoms with Crippen molar-refractivity contribution in [1.82, 2.24) is 10.2 Å². The summed E-state index contributed by atoms with van der Waals surface area (Å²) in [7, 11) is 0. The third kappa shape index (κ3) is 5.26. The fraction of sp³-hybridized carbons (Fsp3) is 0.667. The molecule has 1 aliphatic heterocycles. The van der Waals surface area contributed by atoms with E-state index in [9.17, 15) is 0 Å². The highest BCUT2D eigenvalue weighted by Crippen LogP contribution is 2.10. The lowest BCUT2D eigenvalue weighted by atomic mass is 10.0. The predicted molar refractivity (Wildman–Crippen MR) is 87.3 cm³/mol.